The number of esters is 3. The summed E-state index contributed by atoms with van der Waals surface area (Å²) in [5.74, 6) is -0.888. The molecule has 0 N–H and O–H groups in total. The van der Waals surface area contributed by atoms with E-state index in [1.165, 1.54) is 141 Å². The standard InChI is InChI=1S/C49H90O6/c1-4-7-10-13-16-19-21-23-25-27-30-33-36-39-42-48(51)54-45-46(44-53-47(50)41-38-35-32-29-18-15-12-9-6-3)55-49(52)43-40-37-34-31-28-26-24-22-20-17-14-11-8-5-2/h21-24,46H,4-20,25-45H2,1-3H3/b23-21-,24-22-. The molecule has 0 aromatic carbocycles. The molecule has 1 unspecified atom stereocenters. The van der Waals surface area contributed by atoms with Crippen LogP contribution < -0.4 is 0 Å². The van der Waals surface area contributed by atoms with E-state index in [0.29, 0.717) is 19.3 Å². The Bertz CT molecular complexity index is 896. The smallest absolute Gasteiger partial charge is 0.306 e. The van der Waals surface area contributed by atoms with Gasteiger partial charge in [-0.3, -0.25) is 14.4 Å². The largest absolute Gasteiger partial charge is 0.462 e. The maximum absolute atomic E-state index is 12.7. The van der Waals surface area contributed by atoms with E-state index in [2.05, 4.69) is 45.1 Å². The molecule has 0 fully saturated rings. The van der Waals surface area contributed by atoms with Gasteiger partial charge in [-0.05, 0) is 70.6 Å². The van der Waals surface area contributed by atoms with Gasteiger partial charge in [0.05, 0.1) is 0 Å². The molecule has 0 bridgehead atoms. The third-order valence-corrected chi connectivity index (χ3v) is 10.4. The van der Waals surface area contributed by atoms with Crippen LogP contribution in [0.3, 0.4) is 0 Å². The highest BCUT2D eigenvalue weighted by molar-refractivity contribution is 5.71. The fourth-order valence-electron chi connectivity index (χ4n) is 6.78. The van der Waals surface area contributed by atoms with E-state index >= 15 is 0 Å². The van der Waals surface area contributed by atoms with Crippen molar-refractivity contribution in [2.75, 3.05) is 13.2 Å². The number of ether oxygens (including phenoxy) is 3. The van der Waals surface area contributed by atoms with E-state index in [-0.39, 0.29) is 31.1 Å². The molecule has 6 heteroatoms. The molecule has 0 aliphatic heterocycles. The van der Waals surface area contributed by atoms with Crippen molar-refractivity contribution in [3.05, 3.63) is 24.3 Å². The van der Waals surface area contributed by atoms with Crippen molar-refractivity contribution in [3.63, 3.8) is 0 Å². The third kappa shape index (κ3) is 42.9. The van der Waals surface area contributed by atoms with Gasteiger partial charge >= 0.3 is 17.9 Å². The van der Waals surface area contributed by atoms with Crippen LogP contribution in [0.15, 0.2) is 24.3 Å². The number of carbonyl (C=O) groups is 3. The Hall–Kier alpha value is -2.11. The molecule has 0 saturated carbocycles. The highest BCUT2D eigenvalue weighted by Crippen LogP contribution is 2.14. The summed E-state index contributed by atoms with van der Waals surface area (Å²) in [6, 6.07) is 0. The number of unbranched alkanes of at least 4 members (excludes halogenated alkanes) is 28. The lowest BCUT2D eigenvalue weighted by molar-refractivity contribution is -0.167. The molecular formula is C49H90O6. The number of carbonyl (C=O) groups excluding carboxylic acids is 3. The lowest BCUT2D eigenvalue weighted by Gasteiger charge is -2.18. The van der Waals surface area contributed by atoms with Gasteiger partial charge in [0.25, 0.3) is 0 Å². The molecule has 0 rings (SSSR count). The zero-order valence-corrected chi connectivity index (χ0v) is 36.7. The van der Waals surface area contributed by atoms with Gasteiger partial charge in [0.2, 0.25) is 0 Å². The second-order valence-corrected chi connectivity index (χ2v) is 16.0. The summed E-state index contributed by atoms with van der Waals surface area (Å²) in [7, 11) is 0. The molecule has 1 atom stereocenters. The van der Waals surface area contributed by atoms with Crippen molar-refractivity contribution in [1.29, 1.82) is 0 Å². The van der Waals surface area contributed by atoms with Gasteiger partial charge in [-0.25, -0.2) is 0 Å². The van der Waals surface area contributed by atoms with Crippen LogP contribution in [0.5, 0.6) is 0 Å². The molecule has 0 amide bonds. The maximum Gasteiger partial charge on any atom is 0.306 e. The number of hydrogen-bond acceptors (Lipinski definition) is 6. The topological polar surface area (TPSA) is 78.9 Å². The number of allylic oxidation sites excluding steroid dienone is 4. The maximum atomic E-state index is 12.7. The van der Waals surface area contributed by atoms with Gasteiger partial charge in [0, 0.05) is 19.3 Å². The molecular weight excluding hydrogens is 685 g/mol. The first-order valence-electron chi connectivity index (χ1n) is 23.8. The van der Waals surface area contributed by atoms with Crippen LogP contribution in [0.25, 0.3) is 0 Å². The molecule has 0 radical (unpaired) electrons. The second kappa shape index (κ2) is 44.6. The summed E-state index contributed by atoms with van der Waals surface area (Å²) in [4.78, 5) is 37.7. The Morgan fingerprint density at radius 2 is 0.600 bits per heavy atom. The minimum Gasteiger partial charge on any atom is -0.462 e. The lowest BCUT2D eigenvalue weighted by Crippen LogP contribution is -2.30. The normalized spacial score (nSPS) is 12.1. The van der Waals surface area contributed by atoms with Crippen LogP contribution >= 0.6 is 0 Å². The average Bonchev–Trinajstić information content (AvgIpc) is 3.18. The Kier molecular flexibility index (Phi) is 42.9. The van der Waals surface area contributed by atoms with E-state index in [1.54, 1.807) is 0 Å². The monoisotopic (exact) mass is 775 g/mol. The molecule has 0 aliphatic carbocycles. The first-order valence-corrected chi connectivity index (χ1v) is 23.8. The Balaban J connectivity index is 4.35. The summed E-state index contributed by atoms with van der Waals surface area (Å²) in [5.41, 5.74) is 0. The Labute approximate surface area is 341 Å². The van der Waals surface area contributed by atoms with Crippen molar-refractivity contribution < 1.29 is 28.6 Å². The van der Waals surface area contributed by atoms with Crippen molar-refractivity contribution in [2.45, 2.75) is 258 Å². The zero-order chi connectivity index (χ0) is 40.1. The van der Waals surface area contributed by atoms with Crippen LogP contribution in [-0.4, -0.2) is 37.2 Å². The minimum absolute atomic E-state index is 0.0746. The SMILES string of the molecule is CCCCCCC/C=C\CCCCCCCC(=O)OCC(COC(=O)CCCCCCCCCCC)OC(=O)CCCCCCC/C=C\CCCCCCC. The van der Waals surface area contributed by atoms with Gasteiger partial charge in [-0.15, -0.1) is 0 Å². The summed E-state index contributed by atoms with van der Waals surface area (Å²) in [5, 5.41) is 0. The van der Waals surface area contributed by atoms with E-state index in [9.17, 15) is 14.4 Å². The van der Waals surface area contributed by atoms with Crippen molar-refractivity contribution >= 4 is 17.9 Å². The molecule has 0 aromatic rings. The van der Waals surface area contributed by atoms with E-state index in [4.69, 9.17) is 14.2 Å². The predicted molar refractivity (Wildman–Crippen MR) is 233 cm³/mol. The van der Waals surface area contributed by atoms with Gasteiger partial charge in [-0.1, -0.05) is 186 Å². The van der Waals surface area contributed by atoms with Crippen LogP contribution in [0.4, 0.5) is 0 Å². The Morgan fingerprint density at radius 1 is 0.345 bits per heavy atom. The molecule has 6 nitrogen and oxygen atoms in total. The molecule has 0 aromatic heterocycles. The number of rotatable bonds is 43. The average molecular weight is 775 g/mol. The number of hydrogen-bond donors (Lipinski definition) is 0. The minimum atomic E-state index is -0.772. The zero-order valence-electron chi connectivity index (χ0n) is 36.7. The van der Waals surface area contributed by atoms with Gasteiger partial charge < -0.3 is 14.2 Å². The highest BCUT2D eigenvalue weighted by atomic mass is 16.6. The van der Waals surface area contributed by atoms with Gasteiger partial charge in [0.1, 0.15) is 13.2 Å². The summed E-state index contributed by atoms with van der Waals surface area (Å²) >= 11 is 0. The molecule has 0 spiro atoms. The first kappa shape index (κ1) is 52.9. The quantitative estimate of drug-likeness (QED) is 0.0266. The van der Waals surface area contributed by atoms with Crippen molar-refractivity contribution in [2.24, 2.45) is 0 Å². The predicted octanol–water partition coefficient (Wildman–Crippen LogP) is 15.2. The van der Waals surface area contributed by atoms with Crippen molar-refractivity contribution in [3.8, 4) is 0 Å². The summed E-state index contributed by atoms with van der Waals surface area (Å²) in [6.45, 7) is 6.59. The van der Waals surface area contributed by atoms with Crippen LogP contribution in [0, 0.1) is 0 Å². The van der Waals surface area contributed by atoms with E-state index < -0.39 is 6.10 Å². The van der Waals surface area contributed by atoms with Crippen LogP contribution in [0.2, 0.25) is 0 Å². The van der Waals surface area contributed by atoms with Crippen LogP contribution in [0.1, 0.15) is 252 Å². The molecule has 0 aliphatic rings. The molecule has 55 heavy (non-hydrogen) atoms. The van der Waals surface area contributed by atoms with Crippen LogP contribution in [-0.2, 0) is 28.6 Å². The fourth-order valence-corrected chi connectivity index (χ4v) is 6.78. The summed E-state index contributed by atoms with van der Waals surface area (Å²) < 4.78 is 16.7. The lowest BCUT2D eigenvalue weighted by atomic mass is 10.1. The van der Waals surface area contributed by atoms with Crippen molar-refractivity contribution in [1.82, 2.24) is 0 Å². The third-order valence-electron chi connectivity index (χ3n) is 10.4. The molecule has 0 saturated heterocycles. The highest BCUT2D eigenvalue weighted by Gasteiger charge is 2.19. The van der Waals surface area contributed by atoms with Gasteiger partial charge in [-0.2, -0.15) is 0 Å². The fraction of sp³-hybridized carbons (Fsp3) is 0.857. The van der Waals surface area contributed by atoms with E-state index in [1.807, 2.05) is 0 Å². The van der Waals surface area contributed by atoms with E-state index in [0.717, 1.165) is 70.6 Å². The Morgan fingerprint density at radius 3 is 0.909 bits per heavy atom. The van der Waals surface area contributed by atoms with Gasteiger partial charge in [0.15, 0.2) is 6.10 Å². The second-order valence-electron chi connectivity index (χ2n) is 16.0. The molecule has 0 heterocycles. The molecule has 322 valence electrons. The first-order chi connectivity index (χ1) is 27.0. The summed E-state index contributed by atoms with van der Waals surface area (Å²) in [6.07, 6.45) is 48.7.